The molecule has 0 fully saturated rings. The Kier molecular flexibility index (Phi) is 2.28. The minimum atomic E-state index is -1.12. The van der Waals surface area contributed by atoms with E-state index in [2.05, 4.69) is 4.98 Å². The fraction of sp³-hybridized carbons (Fsp3) is 0. The third-order valence-electron chi connectivity index (χ3n) is 1.04. The number of hydrogen-bond acceptors (Lipinski definition) is 2. The number of rotatable bonds is 1. The van der Waals surface area contributed by atoms with Crippen LogP contribution < -0.4 is 5.43 Å². The van der Waals surface area contributed by atoms with E-state index >= 15 is 0 Å². The van der Waals surface area contributed by atoms with Crippen molar-refractivity contribution in [2.45, 2.75) is 0 Å². The highest BCUT2D eigenvalue weighted by Gasteiger charge is 2.03. The van der Waals surface area contributed by atoms with Crippen LogP contribution in [0.15, 0.2) is 16.9 Å². The van der Waals surface area contributed by atoms with Gasteiger partial charge in [0.15, 0.2) is 5.43 Å². The Morgan fingerprint density at radius 2 is 2.18 bits per heavy atom. The third kappa shape index (κ3) is 2.04. The van der Waals surface area contributed by atoms with Gasteiger partial charge in [0.2, 0.25) is 0 Å². The lowest BCUT2D eigenvalue weighted by atomic mass is 10.3. The van der Waals surface area contributed by atoms with Crippen LogP contribution in [0.4, 0.5) is 0 Å². The van der Waals surface area contributed by atoms with Crippen molar-refractivity contribution in [1.29, 1.82) is 0 Å². The van der Waals surface area contributed by atoms with Crippen LogP contribution in [0.2, 0.25) is 0 Å². The predicted octanol–water partition coefficient (Wildman–Crippen LogP) is 0.678. The molecule has 2 N–H and O–H groups in total. The van der Waals surface area contributed by atoms with Gasteiger partial charge in [0.25, 0.3) is 0 Å². The van der Waals surface area contributed by atoms with Crippen molar-refractivity contribution in [1.82, 2.24) is 4.98 Å². The summed E-state index contributed by atoms with van der Waals surface area (Å²) in [6, 6.07) is 2.37. The molecule has 0 aliphatic rings. The lowest BCUT2D eigenvalue weighted by Crippen LogP contribution is -2.08. The second kappa shape index (κ2) is 3.04. The Bertz CT molecular complexity index is 344. The van der Waals surface area contributed by atoms with E-state index in [1.807, 2.05) is 22.6 Å². The summed E-state index contributed by atoms with van der Waals surface area (Å²) in [5.41, 5.74) is -0.382. The average molecular weight is 265 g/mol. The Balaban J connectivity index is 3.30. The van der Waals surface area contributed by atoms with Crippen LogP contribution in [0, 0.1) is 3.70 Å². The topological polar surface area (TPSA) is 70.2 Å². The van der Waals surface area contributed by atoms with Crippen molar-refractivity contribution in [3.05, 3.63) is 31.8 Å². The zero-order valence-electron chi connectivity index (χ0n) is 5.30. The van der Waals surface area contributed by atoms with E-state index in [0.717, 1.165) is 6.07 Å². The predicted molar refractivity (Wildman–Crippen MR) is 46.7 cm³/mol. The van der Waals surface area contributed by atoms with Gasteiger partial charge in [0.05, 0.1) is 3.70 Å². The molecule has 1 rings (SSSR count). The van der Waals surface area contributed by atoms with Crippen molar-refractivity contribution in [2.75, 3.05) is 0 Å². The van der Waals surface area contributed by atoms with Crippen molar-refractivity contribution >= 4 is 28.6 Å². The van der Waals surface area contributed by atoms with Gasteiger partial charge in [-0.2, -0.15) is 0 Å². The molecule has 0 aliphatic heterocycles. The molecule has 5 heteroatoms. The number of aromatic nitrogens is 1. The molecular formula is C6H4INO3. The number of hydrogen-bond donors (Lipinski definition) is 2. The van der Waals surface area contributed by atoms with Gasteiger partial charge in [-0.15, -0.1) is 0 Å². The summed E-state index contributed by atoms with van der Waals surface area (Å²) < 4.78 is 0.521. The number of nitrogens with one attached hydrogen (secondary N) is 1. The van der Waals surface area contributed by atoms with Crippen molar-refractivity contribution in [3.63, 3.8) is 0 Å². The molecule has 1 heterocycles. The largest absolute Gasteiger partial charge is 0.477 e. The zero-order valence-corrected chi connectivity index (χ0v) is 7.45. The van der Waals surface area contributed by atoms with Gasteiger partial charge in [-0.1, -0.05) is 0 Å². The number of aromatic amines is 1. The van der Waals surface area contributed by atoms with E-state index in [1.54, 1.807) is 0 Å². The fourth-order valence-corrected chi connectivity index (χ4v) is 1.22. The Labute approximate surface area is 75.4 Å². The molecule has 0 radical (unpaired) electrons. The molecule has 4 nitrogen and oxygen atoms in total. The molecule has 0 aliphatic carbocycles. The number of carboxylic acid groups (broad SMARTS) is 1. The molecule has 11 heavy (non-hydrogen) atoms. The second-order valence-corrected chi connectivity index (χ2v) is 3.05. The van der Waals surface area contributed by atoms with Gasteiger partial charge in [0.1, 0.15) is 5.69 Å². The molecule has 0 saturated carbocycles. The number of aromatic carboxylic acids is 1. The molecule has 0 atom stereocenters. The first-order valence-corrected chi connectivity index (χ1v) is 3.80. The van der Waals surface area contributed by atoms with E-state index < -0.39 is 5.97 Å². The molecule has 0 unspecified atom stereocenters. The first-order chi connectivity index (χ1) is 5.09. The van der Waals surface area contributed by atoms with Crippen LogP contribution in [0.1, 0.15) is 10.5 Å². The normalized spacial score (nSPS) is 9.55. The minimum absolute atomic E-state index is 0.0816. The van der Waals surface area contributed by atoms with Gasteiger partial charge in [-0.3, -0.25) is 4.79 Å². The number of carbonyl (C=O) groups is 1. The van der Waals surface area contributed by atoms with Crippen LogP contribution in [-0.4, -0.2) is 16.1 Å². The van der Waals surface area contributed by atoms with Gasteiger partial charge in [0, 0.05) is 12.1 Å². The summed E-state index contributed by atoms with van der Waals surface area (Å²) in [4.78, 5) is 23.6. The summed E-state index contributed by atoms with van der Waals surface area (Å²) in [5, 5.41) is 8.46. The number of H-pyrrole nitrogens is 1. The zero-order chi connectivity index (χ0) is 8.43. The summed E-state index contributed by atoms with van der Waals surface area (Å²) in [5.74, 6) is -1.12. The molecule has 0 spiro atoms. The molecule has 0 bridgehead atoms. The van der Waals surface area contributed by atoms with Crippen molar-refractivity contribution in [2.24, 2.45) is 0 Å². The maximum Gasteiger partial charge on any atom is 0.352 e. The highest BCUT2D eigenvalue weighted by Crippen LogP contribution is 1.97. The Morgan fingerprint density at radius 3 is 2.64 bits per heavy atom. The smallest absolute Gasteiger partial charge is 0.352 e. The van der Waals surface area contributed by atoms with Crippen LogP contribution >= 0.6 is 22.6 Å². The maximum atomic E-state index is 10.7. The Hall–Kier alpha value is -0.850. The lowest BCUT2D eigenvalue weighted by molar-refractivity contribution is 0.0690. The number of pyridine rings is 1. The van der Waals surface area contributed by atoms with E-state index in [9.17, 15) is 9.59 Å². The van der Waals surface area contributed by atoms with E-state index in [-0.39, 0.29) is 11.1 Å². The van der Waals surface area contributed by atoms with Crippen LogP contribution in [0.3, 0.4) is 0 Å². The first kappa shape index (κ1) is 8.25. The molecule has 58 valence electrons. The quantitative estimate of drug-likeness (QED) is 0.579. The first-order valence-electron chi connectivity index (χ1n) is 2.73. The van der Waals surface area contributed by atoms with E-state index in [1.165, 1.54) is 6.07 Å². The van der Waals surface area contributed by atoms with Gasteiger partial charge in [-0.05, 0) is 22.6 Å². The monoisotopic (exact) mass is 265 g/mol. The second-order valence-electron chi connectivity index (χ2n) is 1.88. The van der Waals surface area contributed by atoms with Gasteiger partial charge in [-0.25, -0.2) is 4.79 Å². The third-order valence-corrected chi connectivity index (χ3v) is 1.62. The summed E-state index contributed by atoms with van der Waals surface area (Å²) in [7, 11) is 0. The average Bonchev–Trinajstić information content (AvgIpc) is 1.85. The Morgan fingerprint density at radius 1 is 1.55 bits per heavy atom. The van der Waals surface area contributed by atoms with Gasteiger partial charge >= 0.3 is 5.97 Å². The molecule has 0 saturated heterocycles. The summed E-state index contributed by atoms with van der Waals surface area (Å²) in [6.45, 7) is 0. The van der Waals surface area contributed by atoms with E-state index in [4.69, 9.17) is 5.11 Å². The molecular weight excluding hydrogens is 261 g/mol. The van der Waals surface area contributed by atoms with Crippen molar-refractivity contribution in [3.8, 4) is 0 Å². The van der Waals surface area contributed by atoms with E-state index in [0.29, 0.717) is 3.70 Å². The van der Waals surface area contributed by atoms with Gasteiger partial charge < -0.3 is 10.1 Å². The van der Waals surface area contributed by atoms with Crippen LogP contribution in [0.5, 0.6) is 0 Å². The van der Waals surface area contributed by atoms with Crippen molar-refractivity contribution < 1.29 is 9.90 Å². The molecule has 1 aromatic rings. The molecule has 1 aromatic heterocycles. The molecule has 0 aromatic carbocycles. The number of halogens is 1. The highest BCUT2D eigenvalue weighted by molar-refractivity contribution is 14.1. The summed E-state index contributed by atoms with van der Waals surface area (Å²) >= 11 is 1.85. The SMILES string of the molecule is O=C(O)c1cc(=O)cc(I)[nH]1. The summed E-state index contributed by atoms with van der Waals surface area (Å²) in [6.07, 6.45) is 0. The fourth-order valence-electron chi connectivity index (χ4n) is 0.625. The number of carboxylic acids is 1. The molecule has 0 amide bonds. The minimum Gasteiger partial charge on any atom is -0.477 e. The van der Waals surface area contributed by atoms with Crippen LogP contribution in [0.25, 0.3) is 0 Å². The maximum absolute atomic E-state index is 10.7. The standard InChI is InChI=1S/C6H4INO3/c7-5-2-3(9)1-4(8-5)6(10)11/h1-2H,(H,8,9)(H,10,11). The lowest BCUT2D eigenvalue weighted by Gasteiger charge is -1.93. The van der Waals surface area contributed by atoms with Crippen LogP contribution in [-0.2, 0) is 0 Å². The highest BCUT2D eigenvalue weighted by atomic mass is 127.